The third-order valence-corrected chi connectivity index (χ3v) is 7.35. The number of rotatable bonds is 12. The van der Waals surface area contributed by atoms with Gasteiger partial charge in [0.15, 0.2) is 0 Å². The number of para-hydroxylation sites is 2. The molecule has 2 fully saturated rings. The van der Waals surface area contributed by atoms with Crippen molar-refractivity contribution in [2.75, 3.05) is 39.6 Å². The molecular formula is C28H38O5. The molecule has 0 radical (unpaired) electrons. The van der Waals surface area contributed by atoms with Gasteiger partial charge >= 0.3 is 0 Å². The lowest BCUT2D eigenvalue weighted by Gasteiger charge is -2.41. The Morgan fingerprint density at radius 3 is 1.42 bits per heavy atom. The molecule has 33 heavy (non-hydrogen) atoms. The molecule has 0 saturated carbocycles. The van der Waals surface area contributed by atoms with Gasteiger partial charge in [0.25, 0.3) is 0 Å². The van der Waals surface area contributed by atoms with E-state index >= 15 is 0 Å². The van der Waals surface area contributed by atoms with Crippen LogP contribution < -0.4 is 4.74 Å². The summed E-state index contributed by atoms with van der Waals surface area (Å²) in [5, 5.41) is 0. The van der Waals surface area contributed by atoms with Crippen LogP contribution in [-0.2, 0) is 18.9 Å². The van der Waals surface area contributed by atoms with Crippen molar-refractivity contribution in [1.82, 2.24) is 0 Å². The molecule has 4 rings (SSSR count). The van der Waals surface area contributed by atoms with E-state index in [0.717, 1.165) is 61.9 Å². The summed E-state index contributed by atoms with van der Waals surface area (Å²) in [5.74, 6) is 1.63. The number of hydrogen-bond acceptors (Lipinski definition) is 5. The van der Waals surface area contributed by atoms with Crippen LogP contribution >= 0.6 is 0 Å². The van der Waals surface area contributed by atoms with E-state index in [1.165, 1.54) is 0 Å². The standard InChI is InChI=1S/C28H38O5/c1-5-27(15-29-16-27)19-31-21(3)23-11-7-9-13-25(23)33-26-14-10-8-12-24(26)22(4)32-20-28(6-2)17-30-18-28/h7-14,21-22H,5-6,15-20H2,1-4H3. The van der Waals surface area contributed by atoms with Gasteiger partial charge in [-0.15, -0.1) is 0 Å². The molecule has 0 amide bonds. The second-order valence-corrected chi connectivity index (χ2v) is 9.78. The first-order valence-electron chi connectivity index (χ1n) is 12.2. The SMILES string of the molecule is CCC1(COC(C)c2ccccc2Oc2ccccc2C(C)OCC2(CC)COC2)COC1. The van der Waals surface area contributed by atoms with Gasteiger partial charge in [-0.05, 0) is 38.8 Å². The van der Waals surface area contributed by atoms with E-state index in [0.29, 0.717) is 13.2 Å². The van der Waals surface area contributed by atoms with Gasteiger partial charge in [0.2, 0.25) is 0 Å². The predicted molar refractivity (Wildman–Crippen MR) is 129 cm³/mol. The first kappa shape index (κ1) is 24.2. The Hall–Kier alpha value is -1.92. The summed E-state index contributed by atoms with van der Waals surface area (Å²) in [4.78, 5) is 0. The van der Waals surface area contributed by atoms with Gasteiger partial charge in [-0.25, -0.2) is 0 Å². The van der Waals surface area contributed by atoms with Crippen molar-refractivity contribution in [1.29, 1.82) is 0 Å². The van der Waals surface area contributed by atoms with Crippen molar-refractivity contribution in [2.24, 2.45) is 10.8 Å². The van der Waals surface area contributed by atoms with E-state index in [1.54, 1.807) is 0 Å². The van der Waals surface area contributed by atoms with Gasteiger partial charge in [-0.1, -0.05) is 50.2 Å². The van der Waals surface area contributed by atoms with Crippen LogP contribution in [0.15, 0.2) is 48.5 Å². The van der Waals surface area contributed by atoms with Gasteiger partial charge in [-0.2, -0.15) is 0 Å². The van der Waals surface area contributed by atoms with Gasteiger partial charge in [0, 0.05) is 22.0 Å². The van der Waals surface area contributed by atoms with Crippen molar-refractivity contribution in [3.8, 4) is 11.5 Å². The molecule has 0 N–H and O–H groups in total. The van der Waals surface area contributed by atoms with Gasteiger partial charge in [0.05, 0.1) is 51.8 Å². The van der Waals surface area contributed by atoms with Crippen LogP contribution in [0.5, 0.6) is 11.5 Å². The van der Waals surface area contributed by atoms with Crippen LogP contribution in [0.4, 0.5) is 0 Å². The molecule has 0 spiro atoms. The molecule has 2 atom stereocenters. The summed E-state index contributed by atoms with van der Waals surface area (Å²) in [6.45, 7) is 13.1. The van der Waals surface area contributed by atoms with Crippen molar-refractivity contribution in [3.63, 3.8) is 0 Å². The third kappa shape index (κ3) is 5.43. The minimum absolute atomic E-state index is 0.0749. The topological polar surface area (TPSA) is 46.2 Å². The van der Waals surface area contributed by atoms with Crippen molar-refractivity contribution < 1.29 is 23.7 Å². The number of ether oxygens (including phenoxy) is 5. The van der Waals surface area contributed by atoms with Crippen LogP contribution in [0.3, 0.4) is 0 Å². The fourth-order valence-electron chi connectivity index (χ4n) is 4.28. The fraction of sp³-hybridized carbons (Fsp3) is 0.571. The van der Waals surface area contributed by atoms with E-state index in [1.807, 2.05) is 36.4 Å². The minimum Gasteiger partial charge on any atom is -0.457 e. The molecule has 0 bridgehead atoms. The van der Waals surface area contributed by atoms with Gasteiger partial charge < -0.3 is 23.7 Å². The normalized spacial score (nSPS) is 20.4. The van der Waals surface area contributed by atoms with E-state index in [2.05, 4.69) is 39.8 Å². The second kappa shape index (κ2) is 10.6. The Kier molecular flexibility index (Phi) is 7.75. The van der Waals surface area contributed by atoms with Crippen molar-refractivity contribution in [2.45, 2.75) is 52.7 Å². The van der Waals surface area contributed by atoms with Gasteiger partial charge in [0.1, 0.15) is 11.5 Å². The Morgan fingerprint density at radius 2 is 1.09 bits per heavy atom. The Balaban J connectivity index is 1.45. The fourth-order valence-corrected chi connectivity index (χ4v) is 4.28. The van der Waals surface area contributed by atoms with Gasteiger partial charge in [-0.3, -0.25) is 0 Å². The maximum Gasteiger partial charge on any atom is 0.133 e. The second-order valence-electron chi connectivity index (χ2n) is 9.78. The highest BCUT2D eigenvalue weighted by Gasteiger charge is 2.38. The molecular weight excluding hydrogens is 416 g/mol. The maximum absolute atomic E-state index is 6.47. The first-order chi connectivity index (χ1) is 16.0. The molecule has 0 aromatic heterocycles. The molecule has 2 heterocycles. The lowest BCUT2D eigenvalue weighted by atomic mass is 9.84. The molecule has 0 aliphatic carbocycles. The van der Waals surface area contributed by atoms with Crippen molar-refractivity contribution >= 4 is 0 Å². The molecule has 180 valence electrons. The Labute approximate surface area is 198 Å². The van der Waals surface area contributed by atoms with Crippen LogP contribution in [0.1, 0.15) is 63.9 Å². The van der Waals surface area contributed by atoms with Crippen LogP contribution in [0.25, 0.3) is 0 Å². The monoisotopic (exact) mass is 454 g/mol. The molecule has 5 heteroatoms. The van der Waals surface area contributed by atoms with Crippen LogP contribution in [0, 0.1) is 10.8 Å². The zero-order chi connectivity index (χ0) is 23.3. The lowest BCUT2D eigenvalue weighted by Crippen LogP contribution is -2.45. The smallest absolute Gasteiger partial charge is 0.133 e. The first-order valence-corrected chi connectivity index (χ1v) is 12.2. The summed E-state index contributed by atoms with van der Waals surface area (Å²) in [7, 11) is 0. The third-order valence-electron chi connectivity index (χ3n) is 7.35. The van der Waals surface area contributed by atoms with E-state index in [9.17, 15) is 0 Å². The van der Waals surface area contributed by atoms with E-state index in [-0.39, 0.29) is 23.0 Å². The Morgan fingerprint density at radius 1 is 0.697 bits per heavy atom. The molecule has 2 saturated heterocycles. The highest BCUT2D eigenvalue weighted by atomic mass is 16.5. The summed E-state index contributed by atoms with van der Waals surface area (Å²) < 4.78 is 29.9. The average molecular weight is 455 g/mol. The summed E-state index contributed by atoms with van der Waals surface area (Å²) in [6.07, 6.45) is 1.98. The molecule has 2 aliphatic heterocycles. The summed E-state index contributed by atoms with van der Waals surface area (Å²) >= 11 is 0. The Bertz CT molecular complexity index is 818. The molecule has 2 aliphatic rings. The molecule has 5 nitrogen and oxygen atoms in total. The van der Waals surface area contributed by atoms with E-state index in [4.69, 9.17) is 23.7 Å². The predicted octanol–water partition coefficient (Wildman–Crippen LogP) is 6.49. The highest BCUT2D eigenvalue weighted by molar-refractivity contribution is 5.43. The average Bonchev–Trinajstić information content (AvgIpc) is 2.78. The lowest BCUT2D eigenvalue weighted by molar-refractivity contribution is -0.159. The van der Waals surface area contributed by atoms with Crippen LogP contribution in [0.2, 0.25) is 0 Å². The zero-order valence-electron chi connectivity index (χ0n) is 20.5. The van der Waals surface area contributed by atoms with Crippen molar-refractivity contribution in [3.05, 3.63) is 59.7 Å². The largest absolute Gasteiger partial charge is 0.457 e. The number of benzene rings is 2. The maximum atomic E-state index is 6.47. The molecule has 2 aromatic carbocycles. The molecule has 2 unspecified atom stereocenters. The number of hydrogen-bond donors (Lipinski definition) is 0. The van der Waals surface area contributed by atoms with E-state index < -0.39 is 0 Å². The summed E-state index contributed by atoms with van der Waals surface area (Å²) in [5.41, 5.74) is 2.41. The minimum atomic E-state index is -0.0749. The highest BCUT2D eigenvalue weighted by Crippen LogP contribution is 2.39. The molecule has 2 aromatic rings. The van der Waals surface area contributed by atoms with Crippen LogP contribution in [-0.4, -0.2) is 39.6 Å². The summed E-state index contributed by atoms with van der Waals surface area (Å²) in [6, 6.07) is 16.3. The zero-order valence-corrected chi connectivity index (χ0v) is 20.5. The quantitative estimate of drug-likeness (QED) is 0.367.